The van der Waals surface area contributed by atoms with Crippen LogP contribution in [0.1, 0.15) is 13.8 Å². The summed E-state index contributed by atoms with van der Waals surface area (Å²) < 4.78 is 0. The number of nitrogens with two attached hydrogens (primary N) is 2. The molecule has 2 unspecified atom stereocenters. The minimum absolute atomic E-state index is 0.0694. The molecular weight excluding hydrogens is 112 g/mol. The Balaban J connectivity index is 3.67. The van der Waals surface area contributed by atoms with E-state index in [1.807, 2.05) is 13.8 Å². The van der Waals surface area contributed by atoms with Crippen molar-refractivity contribution >= 4 is 0 Å². The molecule has 0 amide bonds. The monoisotopic (exact) mass is 126 g/mol. The van der Waals surface area contributed by atoms with Gasteiger partial charge in [0.25, 0.3) is 0 Å². The number of hydrogen-bond acceptors (Lipinski definition) is 2. The van der Waals surface area contributed by atoms with Crippen molar-refractivity contribution in [1.82, 2.24) is 0 Å². The van der Waals surface area contributed by atoms with Crippen LogP contribution in [0, 0.1) is 0 Å². The average Bonchev–Trinajstić information content (AvgIpc) is 1.63. The van der Waals surface area contributed by atoms with Crippen LogP contribution in [0.2, 0.25) is 0 Å². The fourth-order valence-corrected chi connectivity index (χ4v) is 0.359. The van der Waals surface area contributed by atoms with Crippen LogP contribution in [0.4, 0.5) is 0 Å². The van der Waals surface area contributed by atoms with E-state index in [0.717, 1.165) is 0 Å². The Hall–Kier alpha value is -0.560. The van der Waals surface area contributed by atoms with Crippen molar-refractivity contribution in [3.63, 3.8) is 0 Å². The number of rotatable bonds is 2. The normalized spacial score (nSPS) is 15.6. The highest BCUT2D eigenvalue weighted by Gasteiger charge is 1.81. The smallest absolute Gasteiger partial charge is 0.0270 e. The fourth-order valence-electron chi connectivity index (χ4n) is 0.359. The molecule has 2 nitrogen and oxygen atoms in total. The SMILES string of the molecule is CC(N)C=C=CC(C)N. The largest absolute Gasteiger partial charge is 0.324 e. The minimum Gasteiger partial charge on any atom is -0.324 e. The summed E-state index contributed by atoms with van der Waals surface area (Å²) in [5.74, 6) is 0. The first-order valence-electron chi connectivity index (χ1n) is 3.07. The summed E-state index contributed by atoms with van der Waals surface area (Å²) in [5, 5.41) is 0. The van der Waals surface area contributed by atoms with Gasteiger partial charge in [0.1, 0.15) is 0 Å². The zero-order chi connectivity index (χ0) is 7.28. The lowest BCUT2D eigenvalue weighted by Crippen LogP contribution is -2.11. The lowest BCUT2D eigenvalue weighted by molar-refractivity contribution is 0.913. The Morgan fingerprint density at radius 1 is 1.11 bits per heavy atom. The second kappa shape index (κ2) is 4.33. The van der Waals surface area contributed by atoms with Gasteiger partial charge in [0.2, 0.25) is 0 Å². The molecule has 0 radical (unpaired) electrons. The summed E-state index contributed by atoms with van der Waals surface area (Å²) in [7, 11) is 0. The number of hydrogen-bond donors (Lipinski definition) is 2. The molecule has 0 aliphatic rings. The Bertz CT molecular complexity index is 107. The van der Waals surface area contributed by atoms with Crippen molar-refractivity contribution in [2.24, 2.45) is 11.5 Å². The molecule has 4 N–H and O–H groups in total. The first kappa shape index (κ1) is 8.44. The molecule has 0 saturated heterocycles. The molecule has 0 saturated carbocycles. The van der Waals surface area contributed by atoms with Gasteiger partial charge in [-0.1, -0.05) is 0 Å². The van der Waals surface area contributed by atoms with E-state index in [1.54, 1.807) is 12.2 Å². The van der Waals surface area contributed by atoms with E-state index < -0.39 is 0 Å². The van der Waals surface area contributed by atoms with E-state index >= 15 is 0 Å². The van der Waals surface area contributed by atoms with Gasteiger partial charge in [-0.2, -0.15) is 0 Å². The van der Waals surface area contributed by atoms with Gasteiger partial charge in [0.05, 0.1) is 0 Å². The average molecular weight is 126 g/mol. The molecule has 0 aromatic rings. The third kappa shape index (κ3) is 7.44. The van der Waals surface area contributed by atoms with Gasteiger partial charge < -0.3 is 11.5 Å². The lowest BCUT2D eigenvalue weighted by atomic mass is 10.3. The second-order valence-corrected chi connectivity index (χ2v) is 2.22. The Kier molecular flexibility index (Phi) is 4.06. The molecule has 0 heterocycles. The molecule has 0 aromatic heterocycles. The predicted octanol–water partition coefficient (Wildman–Crippen LogP) is 0.392. The maximum absolute atomic E-state index is 5.40. The fraction of sp³-hybridized carbons (Fsp3) is 0.571. The summed E-state index contributed by atoms with van der Waals surface area (Å²) in [5.41, 5.74) is 13.7. The van der Waals surface area contributed by atoms with Gasteiger partial charge in [-0.15, -0.1) is 5.73 Å². The van der Waals surface area contributed by atoms with Crippen LogP contribution in [-0.4, -0.2) is 12.1 Å². The summed E-state index contributed by atoms with van der Waals surface area (Å²) in [6.07, 6.45) is 3.56. The molecule has 0 bridgehead atoms. The maximum atomic E-state index is 5.40. The molecule has 0 spiro atoms. The van der Waals surface area contributed by atoms with Gasteiger partial charge >= 0.3 is 0 Å². The molecule has 9 heavy (non-hydrogen) atoms. The highest BCUT2D eigenvalue weighted by Crippen LogP contribution is 1.78. The van der Waals surface area contributed by atoms with Crippen LogP contribution in [-0.2, 0) is 0 Å². The maximum Gasteiger partial charge on any atom is 0.0270 e. The first-order valence-corrected chi connectivity index (χ1v) is 3.07. The van der Waals surface area contributed by atoms with Crippen LogP contribution < -0.4 is 11.5 Å². The van der Waals surface area contributed by atoms with E-state index in [-0.39, 0.29) is 12.1 Å². The van der Waals surface area contributed by atoms with Crippen LogP contribution in [0.15, 0.2) is 17.9 Å². The third-order valence-electron chi connectivity index (χ3n) is 0.718. The molecule has 2 atom stereocenters. The zero-order valence-electron chi connectivity index (χ0n) is 5.96. The molecule has 0 fully saturated rings. The van der Waals surface area contributed by atoms with Gasteiger partial charge in [0, 0.05) is 12.1 Å². The Morgan fingerprint density at radius 3 is 1.67 bits per heavy atom. The van der Waals surface area contributed by atoms with E-state index in [2.05, 4.69) is 5.73 Å². The Morgan fingerprint density at radius 2 is 1.44 bits per heavy atom. The summed E-state index contributed by atoms with van der Waals surface area (Å²) in [6.45, 7) is 3.78. The third-order valence-corrected chi connectivity index (χ3v) is 0.718. The predicted molar refractivity (Wildman–Crippen MR) is 40.0 cm³/mol. The molecule has 52 valence electrons. The van der Waals surface area contributed by atoms with Crippen molar-refractivity contribution in [2.75, 3.05) is 0 Å². The highest BCUT2D eigenvalue weighted by molar-refractivity contribution is 4.93. The van der Waals surface area contributed by atoms with E-state index in [0.29, 0.717) is 0 Å². The van der Waals surface area contributed by atoms with Gasteiger partial charge in [0.15, 0.2) is 0 Å². The van der Waals surface area contributed by atoms with Crippen LogP contribution in [0.25, 0.3) is 0 Å². The highest BCUT2D eigenvalue weighted by atomic mass is 14.6. The van der Waals surface area contributed by atoms with Gasteiger partial charge in [-0.25, -0.2) is 0 Å². The van der Waals surface area contributed by atoms with E-state index in [1.165, 1.54) is 0 Å². The summed E-state index contributed by atoms with van der Waals surface area (Å²) in [6, 6.07) is 0.139. The van der Waals surface area contributed by atoms with Gasteiger partial charge in [-0.05, 0) is 26.0 Å². The zero-order valence-corrected chi connectivity index (χ0v) is 5.96. The van der Waals surface area contributed by atoms with Crippen molar-refractivity contribution in [3.05, 3.63) is 17.9 Å². The molecule has 0 aromatic carbocycles. The molecular formula is C7H14N2. The van der Waals surface area contributed by atoms with Gasteiger partial charge in [-0.3, -0.25) is 0 Å². The molecule has 0 rings (SSSR count). The first-order chi connectivity index (χ1) is 4.13. The van der Waals surface area contributed by atoms with Crippen LogP contribution in [0.3, 0.4) is 0 Å². The van der Waals surface area contributed by atoms with E-state index in [4.69, 9.17) is 11.5 Å². The Labute approximate surface area is 56.2 Å². The molecule has 0 aliphatic heterocycles. The van der Waals surface area contributed by atoms with Crippen molar-refractivity contribution < 1.29 is 0 Å². The molecule has 0 aliphatic carbocycles. The van der Waals surface area contributed by atoms with Crippen LogP contribution in [0.5, 0.6) is 0 Å². The second-order valence-electron chi connectivity index (χ2n) is 2.22. The van der Waals surface area contributed by atoms with Crippen molar-refractivity contribution in [3.8, 4) is 0 Å². The lowest BCUT2D eigenvalue weighted by Gasteiger charge is -1.90. The standard InChI is InChI=1S/C7H14N2/c1-6(8)4-3-5-7(2)9/h4-7H,8-9H2,1-2H3. The van der Waals surface area contributed by atoms with Crippen molar-refractivity contribution in [2.45, 2.75) is 25.9 Å². The molecule has 2 heteroatoms. The van der Waals surface area contributed by atoms with Crippen molar-refractivity contribution in [1.29, 1.82) is 0 Å². The van der Waals surface area contributed by atoms with Crippen LogP contribution >= 0.6 is 0 Å². The topological polar surface area (TPSA) is 52.0 Å². The van der Waals surface area contributed by atoms with E-state index in [9.17, 15) is 0 Å². The summed E-state index contributed by atoms with van der Waals surface area (Å²) >= 11 is 0. The quantitative estimate of drug-likeness (QED) is 0.526. The summed E-state index contributed by atoms with van der Waals surface area (Å²) in [4.78, 5) is 0. The minimum atomic E-state index is 0.0694.